The van der Waals surface area contributed by atoms with Crippen LogP contribution < -0.4 is 10.2 Å². The zero-order valence-electron chi connectivity index (χ0n) is 26.1. The van der Waals surface area contributed by atoms with Crippen molar-refractivity contribution in [3.8, 4) is 0 Å². The number of rotatable bonds is 9. The van der Waals surface area contributed by atoms with E-state index in [0.29, 0.717) is 0 Å². The van der Waals surface area contributed by atoms with Gasteiger partial charge in [-0.15, -0.1) is 0 Å². The van der Waals surface area contributed by atoms with Crippen LogP contribution in [0.15, 0.2) is 146 Å². The second kappa shape index (κ2) is 13.8. The molecule has 0 aliphatic heterocycles. The number of hydrogen-bond donors (Lipinski definition) is 1. The molecule has 6 aromatic carbocycles. The van der Waals surface area contributed by atoms with E-state index in [9.17, 15) is 0 Å². The van der Waals surface area contributed by atoms with Gasteiger partial charge in [0.05, 0.1) is 0 Å². The van der Waals surface area contributed by atoms with E-state index >= 15 is 0 Å². The molecule has 0 amide bonds. The van der Waals surface area contributed by atoms with Crippen LogP contribution in [0.25, 0.3) is 24.3 Å². The van der Waals surface area contributed by atoms with Gasteiger partial charge >= 0.3 is 0 Å². The third-order valence-corrected chi connectivity index (χ3v) is 7.97. The van der Waals surface area contributed by atoms with E-state index in [1.807, 2.05) is 0 Å². The molecule has 0 bridgehead atoms. The first-order chi connectivity index (χ1) is 22.0. The van der Waals surface area contributed by atoms with Crippen molar-refractivity contribution in [1.82, 2.24) is 0 Å². The number of hydrogen-bond acceptors (Lipinski definition) is 2. The lowest BCUT2D eigenvalue weighted by Gasteiger charge is -2.25. The Morgan fingerprint density at radius 2 is 0.800 bits per heavy atom. The Labute approximate surface area is 267 Å². The van der Waals surface area contributed by atoms with Gasteiger partial charge in [-0.2, -0.15) is 0 Å². The first-order valence-corrected chi connectivity index (χ1v) is 15.4. The fraction of sp³-hybridized carbons (Fsp3) is 0.0698. The van der Waals surface area contributed by atoms with Gasteiger partial charge in [-0.25, -0.2) is 0 Å². The second-order valence-electron chi connectivity index (χ2n) is 11.5. The second-order valence-corrected chi connectivity index (χ2v) is 11.5. The number of aryl methyl sites for hydroxylation is 3. The van der Waals surface area contributed by atoms with Crippen LogP contribution in [-0.4, -0.2) is 0 Å². The normalized spacial score (nSPS) is 11.3. The number of para-hydroxylation sites is 2. The SMILES string of the molecule is Cc1ccc(N(c2ccc(C)cc2)c2ccc(C=Cc3ccc(C=Cc4ccccc4Nc4ccccc4C)cc3)cc2)cc1. The molecule has 0 radical (unpaired) electrons. The van der Waals surface area contributed by atoms with Gasteiger partial charge in [0.25, 0.3) is 0 Å². The summed E-state index contributed by atoms with van der Waals surface area (Å²) >= 11 is 0. The first-order valence-electron chi connectivity index (χ1n) is 15.4. The molecule has 2 heteroatoms. The highest BCUT2D eigenvalue weighted by Crippen LogP contribution is 2.35. The zero-order chi connectivity index (χ0) is 31.0. The summed E-state index contributed by atoms with van der Waals surface area (Å²) in [6.07, 6.45) is 8.67. The fourth-order valence-corrected chi connectivity index (χ4v) is 5.28. The van der Waals surface area contributed by atoms with Gasteiger partial charge in [0.15, 0.2) is 0 Å². The lowest BCUT2D eigenvalue weighted by molar-refractivity contribution is 1.27. The molecule has 0 aromatic heterocycles. The molecule has 0 unspecified atom stereocenters. The molecule has 0 saturated heterocycles. The monoisotopic (exact) mass is 582 g/mol. The molecule has 0 saturated carbocycles. The Balaban J connectivity index is 1.14. The van der Waals surface area contributed by atoms with Crippen molar-refractivity contribution in [2.24, 2.45) is 0 Å². The molecule has 0 fully saturated rings. The minimum atomic E-state index is 1.09. The molecule has 0 aliphatic rings. The van der Waals surface area contributed by atoms with Crippen molar-refractivity contribution < 1.29 is 0 Å². The van der Waals surface area contributed by atoms with Crippen molar-refractivity contribution in [3.05, 3.63) is 185 Å². The molecule has 6 aromatic rings. The first kappa shape index (κ1) is 29.5. The molecule has 0 atom stereocenters. The van der Waals surface area contributed by atoms with Crippen LogP contribution in [0.3, 0.4) is 0 Å². The van der Waals surface area contributed by atoms with E-state index in [0.717, 1.165) is 45.1 Å². The minimum Gasteiger partial charge on any atom is -0.355 e. The van der Waals surface area contributed by atoms with Crippen molar-refractivity contribution >= 4 is 52.7 Å². The van der Waals surface area contributed by atoms with Crippen LogP contribution in [0.2, 0.25) is 0 Å². The topological polar surface area (TPSA) is 15.3 Å². The maximum absolute atomic E-state index is 3.59. The quantitative estimate of drug-likeness (QED) is 0.171. The predicted octanol–water partition coefficient (Wildman–Crippen LogP) is 12.2. The summed E-state index contributed by atoms with van der Waals surface area (Å²) in [5, 5.41) is 3.59. The van der Waals surface area contributed by atoms with Gasteiger partial charge < -0.3 is 10.2 Å². The average molecular weight is 583 g/mol. The van der Waals surface area contributed by atoms with Gasteiger partial charge in [-0.1, -0.05) is 132 Å². The molecule has 1 N–H and O–H groups in total. The van der Waals surface area contributed by atoms with E-state index < -0.39 is 0 Å². The Morgan fingerprint density at radius 1 is 0.400 bits per heavy atom. The highest BCUT2D eigenvalue weighted by atomic mass is 15.1. The molecule has 0 aliphatic carbocycles. The Morgan fingerprint density at radius 3 is 1.31 bits per heavy atom. The molecule has 45 heavy (non-hydrogen) atoms. The highest BCUT2D eigenvalue weighted by Gasteiger charge is 2.12. The average Bonchev–Trinajstić information content (AvgIpc) is 3.07. The lowest BCUT2D eigenvalue weighted by atomic mass is 10.1. The van der Waals surface area contributed by atoms with E-state index in [1.165, 1.54) is 22.3 Å². The summed E-state index contributed by atoms with van der Waals surface area (Å²) in [4.78, 5) is 2.30. The Bertz CT molecular complexity index is 1870. The van der Waals surface area contributed by atoms with Crippen LogP contribution >= 0.6 is 0 Å². The van der Waals surface area contributed by atoms with Gasteiger partial charge in [0, 0.05) is 28.4 Å². The maximum atomic E-state index is 3.59. The maximum Gasteiger partial charge on any atom is 0.0462 e. The van der Waals surface area contributed by atoms with Gasteiger partial charge in [0.2, 0.25) is 0 Å². The fourth-order valence-electron chi connectivity index (χ4n) is 5.28. The van der Waals surface area contributed by atoms with Gasteiger partial charge in [0.1, 0.15) is 0 Å². The standard InChI is InChI=1S/C43H38N2/c1-32-12-26-39(27-13-32)45(40-28-14-33(2)15-29-40)41-30-23-37(24-31-41)21-18-35-16-19-36(20-17-35)22-25-38-9-5-7-11-43(38)44-42-10-6-4-8-34(42)3/h4-31,44H,1-3H3. The molecule has 2 nitrogen and oxygen atoms in total. The van der Waals surface area contributed by atoms with E-state index in [2.05, 4.69) is 201 Å². The van der Waals surface area contributed by atoms with Crippen molar-refractivity contribution in [1.29, 1.82) is 0 Å². The van der Waals surface area contributed by atoms with Gasteiger partial charge in [-0.05, 0) is 97.1 Å². The third-order valence-electron chi connectivity index (χ3n) is 7.97. The minimum absolute atomic E-state index is 1.09. The molecule has 0 spiro atoms. The van der Waals surface area contributed by atoms with E-state index in [4.69, 9.17) is 0 Å². The molecular formula is C43H38N2. The number of nitrogens with zero attached hydrogens (tertiary/aromatic N) is 1. The van der Waals surface area contributed by atoms with E-state index in [-0.39, 0.29) is 0 Å². The zero-order valence-corrected chi connectivity index (χ0v) is 26.1. The summed E-state index contributed by atoms with van der Waals surface area (Å²) in [6, 6.07) is 51.6. The molecule has 0 heterocycles. The predicted molar refractivity (Wildman–Crippen MR) is 196 cm³/mol. The summed E-state index contributed by atoms with van der Waals surface area (Å²) < 4.78 is 0. The van der Waals surface area contributed by atoms with Crippen molar-refractivity contribution in [3.63, 3.8) is 0 Å². The van der Waals surface area contributed by atoms with E-state index in [1.54, 1.807) is 0 Å². The molecule has 6 rings (SSSR count). The molecular weight excluding hydrogens is 544 g/mol. The van der Waals surface area contributed by atoms with Crippen LogP contribution in [0, 0.1) is 20.8 Å². The Kier molecular flexibility index (Phi) is 9.03. The number of nitrogens with one attached hydrogen (secondary N) is 1. The largest absolute Gasteiger partial charge is 0.355 e. The summed E-state index contributed by atoms with van der Waals surface area (Å²) in [6.45, 7) is 6.37. The number of benzene rings is 6. The Hall–Kier alpha value is -5.60. The van der Waals surface area contributed by atoms with Crippen LogP contribution in [0.5, 0.6) is 0 Å². The molecule has 220 valence electrons. The van der Waals surface area contributed by atoms with Crippen LogP contribution in [-0.2, 0) is 0 Å². The smallest absolute Gasteiger partial charge is 0.0462 e. The van der Waals surface area contributed by atoms with Crippen molar-refractivity contribution in [2.45, 2.75) is 20.8 Å². The summed E-state index contributed by atoms with van der Waals surface area (Å²) in [7, 11) is 0. The van der Waals surface area contributed by atoms with Crippen LogP contribution in [0.4, 0.5) is 28.4 Å². The van der Waals surface area contributed by atoms with Crippen molar-refractivity contribution in [2.75, 3.05) is 10.2 Å². The summed E-state index contributed by atoms with van der Waals surface area (Å²) in [5.41, 5.74) is 14.0. The lowest BCUT2D eigenvalue weighted by Crippen LogP contribution is -2.09. The highest BCUT2D eigenvalue weighted by molar-refractivity contribution is 5.81. The van der Waals surface area contributed by atoms with Gasteiger partial charge in [-0.3, -0.25) is 0 Å². The number of anilines is 5. The summed E-state index contributed by atoms with van der Waals surface area (Å²) in [5.74, 6) is 0. The third kappa shape index (κ3) is 7.49. The van der Waals surface area contributed by atoms with Crippen LogP contribution in [0.1, 0.15) is 38.9 Å².